The first kappa shape index (κ1) is 12.6. The minimum atomic E-state index is 0.114. The number of carbonyl (C=O) groups excluding carboxylic acids is 1. The topological polar surface area (TPSA) is 33.2 Å². The second-order valence-corrected chi connectivity index (χ2v) is 5.65. The Bertz CT molecular complexity index is 433. The van der Waals surface area contributed by atoms with Crippen LogP contribution in [0.5, 0.6) is 0 Å². The molecule has 3 nitrogen and oxygen atoms in total. The summed E-state index contributed by atoms with van der Waals surface area (Å²) in [6, 6.07) is 0. The van der Waals surface area contributed by atoms with Gasteiger partial charge in [-0.1, -0.05) is 6.92 Å². The highest BCUT2D eigenvalue weighted by Crippen LogP contribution is 2.22. The molecule has 1 aromatic rings. The largest absolute Gasteiger partial charge is 0.338 e. The number of halogens is 1. The molecule has 4 heteroatoms. The fourth-order valence-corrected chi connectivity index (χ4v) is 2.59. The predicted octanol–water partition coefficient (Wildman–Crippen LogP) is 3.02. The van der Waals surface area contributed by atoms with Crippen molar-refractivity contribution in [2.24, 2.45) is 5.92 Å². The molecule has 1 atom stereocenters. The van der Waals surface area contributed by atoms with Gasteiger partial charge in [0.2, 0.25) is 0 Å². The Morgan fingerprint density at radius 3 is 3.00 bits per heavy atom. The van der Waals surface area contributed by atoms with Crippen molar-refractivity contribution in [3.63, 3.8) is 0 Å². The number of likely N-dealkylation sites (tertiary alicyclic amines) is 1. The maximum atomic E-state index is 12.4. The lowest BCUT2D eigenvalue weighted by molar-refractivity contribution is 0.0682. The third-order valence-corrected chi connectivity index (χ3v) is 4.13. The van der Waals surface area contributed by atoms with Crippen molar-refractivity contribution in [1.82, 2.24) is 9.88 Å². The van der Waals surface area contributed by atoms with Gasteiger partial charge in [0, 0.05) is 30.0 Å². The van der Waals surface area contributed by atoms with Gasteiger partial charge in [0.05, 0.1) is 5.56 Å². The minimum Gasteiger partial charge on any atom is -0.338 e. The Labute approximate surface area is 110 Å². The molecule has 0 N–H and O–H groups in total. The lowest BCUT2D eigenvalue weighted by Gasteiger charge is -2.31. The average molecular weight is 297 g/mol. The molecule has 0 aromatic carbocycles. The van der Waals surface area contributed by atoms with E-state index in [1.807, 2.05) is 11.8 Å². The molecular weight excluding hydrogens is 280 g/mol. The molecule has 17 heavy (non-hydrogen) atoms. The molecule has 1 aliphatic heterocycles. The van der Waals surface area contributed by atoms with Gasteiger partial charge < -0.3 is 4.90 Å². The Morgan fingerprint density at radius 2 is 2.29 bits per heavy atom. The number of hydrogen-bond donors (Lipinski definition) is 0. The van der Waals surface area contributed by atoms with Crippen molar-refractivity contribution >= 4 is 21.8 Å². The Kier molecular flexibility index (Phi) is 3.82. The zero-order valence-electron chi connectivity index (χ0n) is 10.2. The SMILES string of the molecule is Cc1c(Br)cncc1C(=O)N1CCCC(C)C1. The van der Waals surface area contributed by atoms with Crippen LogP contribution in [-0.4, -0.2) is 28.9 Å². The highest BCUT2D eigenvalue weighted by atomic mass is 79.9. The molecule has 2 rings (SSSR count). The summed E-state index contributed by atoms with van der Waals surface area (Å²) < 4.78 is 0.897. The Hall–Kier alpha value is -0.900. The van der Waals surface area contributed by atoms with E-state index < -0.39 is 0 Å². The number of pyridine rings is 1. The van der Waals surface area contributed by atoms with Gasteiger partial charge in [-0.2, -0.15) is 0 Å². The number of hydrogen-bond acceptors (Lipinski definition) is 2. The van der Waals surface area contributed by atoms with Gasteiger partial charge in [-0.25, -0.2) is 0 Å². The molecular formula is C13H17BrN2O. The van der Waals surface area contributed by atoms with Gasteiger partial charge in [0.15, 0.2) is 0 Å². The summed E-state index contributed by atoms with van der Waals surface area (Å²) in [7, 11) is 0. The number of carbonyl (C=O) groups is 1. The lowest BCUT2D eigenvalue weighted by Crippen LogP contribution is -2.39. The van der Waals surface area contributed by atoms with Crippen LogP contribution in [0.2, 0.25) is 0 Å². The van der Waals surface area contributed by atoms with E-state index in [1.54, 1.807) is 12.4 Å². The van der Waals surface area contributed by atoms with Crippen molar-refractivity contribution in [2.45, 2.75) is 26.7 Å². The van der Waals surface area contributed by atoms with E-state index in [0.717, 1.165) is 29.5 Å². The van der Waals surface area contributed by atoms with Crippen LogP contribution < -0.4 is 0 Å². The fourth-order valence-electron chi connectivity index (χ4n) is 2.26. The number of piperidine rings is 1. The van der Waals surface area contributed by atoms with Crippen LogP contribution in [0, 0.1) is 12.8 Å². The molecule has 1 unspecified atom stereocenters. The quantitative estimate of drug-likeness (QED) is 0.798. The molecule has 1 aliphatic rings. The van der Waals surface area contributed by atoms with Gasteiger partial charge in [-0.05, 0) is 47.2 Å². The molecule has 1 saturated heterocycles. The highest BCUT2D eigenvalue weighted by Gasteiger charge is 2.23. The number of amides is 1. The summed E-state index contributed by atoms with van der Waals surface area (Å²) in [4.78, 5) is 18.4. The standard InChI is InChI=1S/C13H17BrN2O/c1-9-4-3-5-16(8-9)13(17)11-6-15-7-12(14)10(11)2/h6-7,9H,3-5,8H2,1-2H3. The van der Waals surface area contributed by atoms with Crippen LogP contribution in [-0.2, 0) is 0 Å². The molecule has 0 radical (unpaired) electrons. The normalized spacial score (nSPS) is 20.4. The molecule has 0 saturated carbocycles. The first-order valence-electron chi connectivity index (χ1n) is 5.99. The molecule has 92 valence electrons. The summed E-state index contributed by atoms with van der Waals surface area (Å²) in [6.45, 7) is 5.89. The first-order valence-corrected chi connectivity index (χ1v) is 6.78. The maximum absolute atomic E-state index is 12.4. The molecule has 1 amide bonds. The smallest absolute Gasteiger partial charge is 0.255 e. The van der Waals surface area contributed by atoms with E-state index in [2.05, 4.69) is 27.8 Å². The highest BCUT2D eigenvalue weighted by molar-refractivity contribution is 9.10. The van der Waals surface area contributed by atoms with Crippen molar-refractivity contribution in [3.8, 4) is 0 Å². The lowest BCUT2D eigenvalue weighted by atomic mass is 9.99. The number of aromatic nitrogens is 1. The van der Waals surface area contributed by atoms with Crippen LogP contribution >= 0.6 is 15.9 Å². The third kappa shape index (κ3) is 2.68. The van der Waals surface area contributed by atoms with Crippen LogP contribution in [0.4, 0.5) is 0 Å². The van der Waals surface area contributed by atoms with Gasteiger partial charge >= 0.3 is 0 Å². The molecule has 0 spiro atoms. The van der Waals surface area contributed by atoms with Crippen LogP contribution in [0.15, 0.2) is 16.9 Å². The van der Waals surface area contributed by atoms with Crippen molar-refractivity contribution in [1.29, 1.82) is 0 Å². The van der Waals surface area contributed by atoms with E-state index >= 15 is 0 Å². The van der Waals surface area contributed by atoms with E-state index in [0.29, 0.717) is 11.5 Å². The Morgan fingerprint density at radius 1 is 1.53 bits per heavy atom. The van der Waals surface area contributed by atoms with Crippen molar-refractivity contribution in [2.75, 3.05) is 13.1 Å². The third-order valence-electron chi connectivity index (χ3n) is 3.33. The number of rotatable bonds is 1. The minimum absolute atomic E-state index is 0.114. The maximum Gasteiger partial charge on any atom is 0.255 e. The second kappa shape index (κ2) is 5.17. The molecule has 2 heterocycles. The van der Waals surface area contributed by atoms with Gasteiger partial charge in [-0.3, -0.25) is 9.78 Å². The van der Waals surface area contributed by atoms with E-state index in [4.69, 9.17) is 0 Å². The van der Waals surface area contributed by atoms with Crippen LogP contribution in [0.1, 0.15) is 35.7 Å². The second-order valence-electron chi connectivity index (χ2n) is 4.79. The van der Waals surface area contributed by atoms with Gasteiger partial charge in [0.25, 0.3) is 5.91 Å². The van der Waals surface area contributed by atoms with Crippen LogP contribution in [0.25, 0.3) is 0 Å². The first-order chi connectivity index (χ1) is 8.09. The molecule has 1 aromatic heterocycles. The number of nitrogens with zero attached hydrogens (tertiary/aromatic N) is 2. The van der Waals surface area contributed by atoms with Crippen molar-refractivity contribution < 1.29 is 4.79 Å². The molecule has 0 bridgehead atoms. The zero-order valence-corrected chi connectivity index (χ0v) is 11.8. The van der Waals surface area contributed by atoms with E-state index in [1.165, 1.54) is 6.42 Å². The fraction of sp³-hybridized carbons (Fsp3) is 0.538. The zero-order chi connectivity index (χ0) is 12.4. The summed E-state index contributed by atoms with van der Waals surface area (Å²) in [6.07, 6.45) is 5.72. The summed E-state index contributed by atoms with van der Waals surface area (Å²) >= 11 is 3.42. The van der Waals surface area contributed by atoms with Crippen molar-refractivity contribution in [3.05, 3.63) is 28.0 Å². The van der Waals surface area contributed by atoms with E-state index in [-0.39, 0.29) is 5.91 Å². The van der Waals surface area contributed by atoms with Gasteiger partial charge in [-0.15, -0.1) is 0 Å². The molecule has 0 aliphatic carbocycles. The monoisotopic (exact) mass is 296 g/mol. The van der Waals surface area contributed by atoms with Crippen LogP contribution in [0.3, 0.4) is 0 Å². The molecule has 1 fully saturated rings. The predicted molar refractivity (Wildman–Crippen MR) is 71.0 cm³/mol. The van der Waals surface area contributed by atoms with E-state index in [9.17, 15) is 4.79 Å². The summed E-state index contributed by atoms with van der Waals surface area (Å²) in [5.74, 6) is 0.718. The average Bonchev–Trinajstić information content (AvgIpc) is 2.32. The summed E-state index contributed by atoms with van der Waals surface area (Å²) in [5.41, 5.74) is 1.69. The summed E-state index contributed by atoms with van der Waals surface area (Å²) in [5, 5.41) is 0. The Balaban J connectivity index is 2.22. The van der Waals surface area contributed by atoms with Gasteiger partial charge in [0.1, 0.15) is 0 Å².